The molecule has 0 aromatic carbocycles. The number of nitrogens with one attached hydrogen (secondary N) is 1. The zero-order valence-corrected chi connectivity index (χ0v) is 10.6. The van der Waals surface area contributed by atoms with E-state index in [9.17, 15) is 9.90 Å². The molecule has 1 aliphatic rings. The number of pyridine rings is 1. The lowest BCUT2D eigenvalue weighted by atomic mass is 9.94. The minimum Gasteiger partial charge on any atom is -0.388 e. The molecule has 1 saturated heterocycles. The quantitative estimate of drug-likeness (QED) is 0.804. The average molecular weight is 271 g/mol. The molecule has 98 valence electrons. The molecule has 0 bridgehead atoms. The lowest BCUT2D eigenvalue weighted by Crippen LogP contribution is -2.46. The van der Waals surface area contributed by atoms with Gasteiger partial charge in [-0.2, -0.15) is 0 Å². The van der Waals surface area contributed by atoms with Crippen molar-refractivity contribution in [2.75, 3.05) is 19.8 Å². The molecular formula is C12H15ClN2O3. The fourth-order valence-electron chi connectivity index (χ4n) is 1.80. The third kappa shape index (κ3) is 3.41. The maximum atomic E-state index is 11.8. The van der Waals surface area contributed by atoms with Crippen LogP contribution in [0.3, 0.4) is 0 Å². The van der Waals surface area contributed by atoms with Crippen LogP contribution in [0.25, 0.3) is 0 Å². The molecular weight excluding hydrogens is 256 g/mol. The number of carbonyl (C=O) groups is 1. The molecule has 1 aromatic heterocycles. The molecule has 0 aliphatic carbocycles. The predicted octanol–water partition coefficient (Wildman–Crippen LogP) is 1.01. The second-order valence-electron chi connectivity index (χ2n) is 4.36. The molecule has 18 heavy (non-hydrogen) atoms. The van der Waals surface area contributed by atoms with E-state index in [1.54, 1.807) is 18.2 Å². The number of rotatable bonds is 3. The third-order valence-electron chi connectivity index (χ3n) is 2.95. The summed E-state index contributed by atoms with van der Waals surface area (Å²) in [7, 11) is 0. The molecule has 1 amide bonds. The average Bonchev–Trinajstić information content (AvgIpc) is 2.37. The van der Waals surface area contributed by atoms with Gasteiger partial charge in [0.1, 0.15) is 10.8 Å². The first-order valence-electron chi connectivity index (χ1n) is 5.80. The van der Waals surface area contributed by atoms with Crippen molar-refractivity contribution in [3.63, 3.8) is 0 Å². The Morgan fingerprint density at radius 3 is 2.89 bits per heavy atom. The number of halogens is 1. The molecule has 1 aliphatic heterocycles. The number of nitrogens with zero attached hydrogens (tertiary/aromatic N) is 1. The van der Waals surface area contributed by atoms with Crippen LogP contribution in [0.1, 0.15) is 23.3 Å². The summed E-state index contributed by atoms with van der Waals surface area (Å²) in [6.07, 6.45) is 1.05. The fourth-order valence-corrected chi connectivity index (χ4v) is 1.96. The standard InChI is InChI=1S/C12H15ClN2O3/c13-10-3-1-2-9(15-10)11(16)14-8-12(17)4-6-18-7-5-12/h1-3,17H,4-8H2,(H,14,16). The summed E-state index contributed by atoms with van der Waals surface area (Å²) in [4.78, 5) is 15.7. The number of carbonyl (C=O) groups excluding carboxylic acids is 1. The van der Waals surface area contributed by atoms with Crippen LogP contribution in [-0.4, -0.2) is 41.4 Å². The minimum absolute atomic E-state index is 0.198. The summed E-state index contributed by atoms with van der Waals surface area (Å²) < 4.78 is 5.17. The lowest BCUT2D eigenvalue weighted by Gasteiger charge is -2.31. The van der Waals surface area contributed by atoms with E-state index in [0.29, 0.717) is 26.1 Å². The van der Waals surface area contributed by atoms with Gasteiger partial charge in [0.15, 0.2) is 0 Å². The number of hydrogen-bond acceptors (Lipinski definition) is 4. The van der Waals surface area contributed by atoms with E-state index in [2.05, 4.69) is 10.3 Å². The molecule has 0 saturated carbocycles. The summed E-state index contributed by atoms with van der Waals surface area (Å²) in [5.41, 5.74) is -0.634. The lowest BCUT2D eigenvalue weighted by molar-refractivity contribution is -0.0605. The third-order valence-corrected chi connectivity index (χ3v) is 3.16. The molecule has 1 fully saturated rings. The number of aliphatic hydroxyl groups is 1. The Morgan fingerprint density at radius 2 is 2.22 bits per heavy atom. The van der Waals surface area contributed by atoms with Gasteiger partial charge in [-0.05, 0) is 12.1 Å². The largest absolute Gasteiger partial charge is 0.388 e. The van der Waals surface area contributed by atoms with Crippen LogP contribution in [-0.2, 0) is 4.74 Å². The number of aromatic nitrogens is 1. The Labute approximate surface area is 110 Å². The van der Waals surface area contributed by atoms with Crippen molar-refractivity contribution in [3.8, 4) is 0 Å². The minimum atomic E-state index is -0.882. The Bertz CT molecular complexity index is 433. The van der Waals surface area contributed by atoms with E-state index < -0.39 is 5.60 Å². The van der Waals surface area contributed by atoms with Crippen molar-refractivity contribution in [2.24, 2.45) is 0 Å². The van der Waals surface area contributed by atoms with Gasteiger partial charge in [0.25, 0.3) is 5.91 Å². The van der Waals surface area contributed by atoms with Crippen molar-refractivity contribution >= 4 is 17.5 Å². The van der Waals surface area contributed by atoms with Crippen LogP contribution in [0.2, 0.25) is 5.15 Å². The topological polar surface area (TPSA) is 71.5 Å². The van der Waals surface area contributed by atoms with Crippen LogP contribution >= 0.6 is 11.6 Å². The monoisotopic (exact) mass is 270 g/mol. The van der Waals surface area contributed by atoms with Crippen molar-refractivity contribution in [2.45, 2.75) is 18.4 Å². The highest BCUT2D eigenvalue weighted by atomic mass is 35.5. The number of ether oxygens (including phenoxy) is 1. The highest BCUT2D eigenvalue weighted by Gasteiger charge is 2.30. The van der Waals surface area contributed by atoms with E-state index in [1.165, 1.54) is 0 Å². The van der Waals surface area contributed by atoms with Crippen LogP contribution in [0.15, 0.2) is 18.2 Å². The van der Waals surface area contributed by atoms with Crippen LogP contribution in [0.5, 0.6) is 0 Å². The van der Waals surface area contributed by atoms with Gasteiger partial charge in [-0.3, -0.25) is 4.79 Å². The van der Waals surface area contributed by atoms with Gasteiger partial charge in [0.2, 0.25) is 0 Å². The second-order valence-corrected chi connectivity index (χ2v) is 4.75. The molecule has 0 radical (unpaired) electrons. The maximum absolute atomic E-state index is 11.8. The Hall–Kier alpha value is -1.17. The van der Waals surface area contributed by atoms with E-state index in [1.807, 2.05) is 0 Å². The van der Waals surface area contributed by atoms with E-state index in [0.717, 1.165) is 0 Å². The molecule has 2 N–H and O–H groups in total. The fraction of sp³-hybridized carbons (Fsp3) is 0.500. The Balaban J connectivity index is 1.92. The second kappa shape index (κ2) is 5.65. The number of hydrogen-bond donors (Lipinski definition) is 2. The van der Waals surface area contributed by atoms with Gasteiger partial charge >= 0.3 is 0 Å². The molecule has 2 rings (SSSR count). The highest BCUT2D eigenvalue weighted by molar-refractivity contribution is 6.29. The van der Waals surface area contributed by atoms with Crippen molar-refractivity contribution < 1.29 is 14.6 Å². The van der Waals surface area contributed by atoms with Gasteiger partial charge in [-0.25, -0.2) is 4.98 Å². The first-order chi connectivity index (χ1) is 8.59. The molecule has 2 heterocycles. The molecule has 0 spiro atoms. The molecule has 0 unspecified atom stereocenters. The van der Waals surface area contributed by atoms with Crippen LogP contribution in [0, 0.1) is 0 Å². The summed E-state index contributed by atoms with van der Waals surface area (Å²) in [6.45, 7) is 1.23. The molecule has 5 nitrogen and oxygen atoms in total. The molecule has 0 atom stereocenters. The first kappa shape index (κ1) is 13.3. The summed E-state index contributed by atoms with van der Waals surface area (Å²) in [5, 5.41) is 13.1. The van der Waals surface area contributed by atoms with Crippen LogP contribution in [0.4, 0.5) is 0 Å². The van der Waals surface area contributed by atoms with Gasteiger partial charge in [-0.1, -0.05) is 17.7 Å². The van der Waals surface area contributed by atoms with Gasteiger partial charge in [0, 0.05) is 32.6 Å². The summed E-state index contributed by atoms with van der Waals surface area (Å²) >= 11 is 5.71. The van der Waals surface area contributed by atoms with Gasteiger partial charge in [-0.15, -0.1) is 0 Å². The normalized spacial score (nSPS) is 18.3. The van der Waals surface area contributed by atoms with Gasteiger partial charge in [0.05, 0.1) is 5.60 Å². The predicted molar refractivity (Wildman–Crippen MR) is 66.6 cm³/mol. The highest BCUT2D eigenvalue weighted by Crippen LogP contribution is 2.19. The summed E-state index contributed by atoms with van der Waals surface area (Å²) in [5.74, 6) is -0.336. The smallest absolute Gasteiger partial charge is 0.270 e. The zero-order valence-electron chi connectivity index (χ0n) is 9.86. The van der Waals surface area contributed by atoms with Crippen molar-refractivity contribution in [1.29, 1.82) is 0 Å². The first-order valence-corrected chi connectivity index (χ1v) is 6.18. The summed E-state index contributed by atoms with van der Waals surface area (Å²) in [6, 6.07) is 4.84. The van der Waals surface area contributed by atoms with Crippen LogP contribution < -0.4 is 5.32 Å². The van der Waals surface area contributed by atoms with Crippen molar-refractivity contribution in [3.05, 3.63) is 29.0 Å². The SMILES string of the molecule is O=C(NCC1(O)CCOCC1)c1cccc(Cl)n1. The molecule has 6 heteroatoms. The Kier molecular flexibility index (Phi) is 4.16. The molecule has 1 aromatic rings. The van der Waals surface area contributed by atoms with Crippen molar-refractivity contribution in [1.82, 2.24) is 10.3 Å². The zero-order chi connectivity index (χ0) is 13.0. The van der Waals surface area contributed by atoms with E-state index in [-0.39, 0.29) is 23.3 Å². The van der Waals surface area contributed by atoms with Gasteiger partial charge < -0.3 is 15.2 Å². The van der Waals surface area contributed by atoms with E-state index >= 15 is 0 Å². The maximum Gasteiger partial charge on any atom is 0.270 e. The Morgan fingerprint density at radius 1 is 1.50 bits per heavy atom. The number of amides is 1. The van der Waals surface area contributed by atoms with E-state index in [4.69, 9.17) is 16.3 Å².